The van der Waals surface area contributed by atoms with E-state index in [2.05, 4.69) is 19.8 Å². The predicted octanol–water partition coefficient (Wildman–Crippen LogP) is 8.64. The molecule has 6 nitrogen and oxygen atoms in total. The Balaban J connectivity index is 1.29. The molecule has 0 amide bonds. The van der Waals surface area contributed by atoms with Gasteiger partial charge in [0.25, 0.3) is 0 Å². The zero-order chi connectivity index (χ0) is 30.2. The summed E-state index contributed by atoms with van der Waals surface area (Å²) in [7, 11) is 0. The average Bonchev–Trinajstić information content (AvgIpc) is 3.44. The lowest BCUT2D eigenvalue weighted by atomic mass is 9.82. The lowest BCUT2D eigenvalue weighted by Gasteiger charge is -2.40. The Kier molecular flexibility index (Phi) is 7.71. The number of aliphatic imine (C=N–C) groups is 1. The van der Waals surface area contributed by atoms with Crippen LogP contribution in [0.5, 0.6) is 23.0 Å². The molecule has 0 aromatic heterocycles. The lowest BCUT2D eigenvalue weighted by Crippen LogP contribution is -2.34. The van der Waals surface area contributed by atoms with Gasteiger partial charge >= 0.3 is 13.2 Å². The minimum atomic E-state index is -2.91. The Hall–Kier alpha value is -4.38. The van der Waals surface area contributed by atoms with E-state index in [0.717, 1.165) is 63.7 Å². The monoisotopic (exact) mass is 622 g/mol. The van der Waals surface area contributed by atoms with E-state index in [4.69, 9.17) is 14.5 Å². The fourth-order valence-electron chi connectivity index (χ4n) is 5.91. The van der Waals surface area contributed by atoms with Gasteiger partial charge in [-0.05, 0) is 90.1 Å². The van der Waals surface area contributed by atoms with E-state index in [1.165, 1.54) is 23.9 Å². The predicted molar refractivity (Wildman–Crippen MR) is 160 cm³/mol. The van der Waals surface area contributed by atoms with Crippen molar-refractivity contribution < 1.29 is 36.5 Å². The van der Waals surface area contributed by atoms with Gasteiger partial charge in [0, 0.05) is 11.0 Å². The van der Waals surface area contributed by atoms with Gasteiger partial charge in [0.2, 0.25) is 0 Å². The molecule has 1 unspecified atom stereocenters. The molecule has 3 aliphatic heterocycles. The molecule has 0 N–H and O–H groups in total. The van der Waals surface area contributed by atoms with Crippen LogP contribution in [0.2, 0.25) is 0 Å². The Morgan fingerprint density at radius 3 is 2.23 bits per heavy atom. The second kappa shape index (κ2) is 12.0. The van der Waals surface area contributed by atoms with Gasteiger partial charge in [-0.3, -0.25) is 0 Å². The molecule has 4 aliphatic rings. The first-order valence-electron chi connectivity index (χ1n) is 14.1. The zero-order valence-corrected chi connectivity index (χ0v) is 24.0. The first-order valence-corrected chi connectivity index (χ1v) is 15.0. The highest BCUT2D eigenvalue weighted by Gasteiger charge is 2.40. The molecule has 3 aromatic rings. The summed E-state index contributed by atoms with van der Waals surface area (Å²) in [5.41, 5.74) is 6.67. The number of allylic oxidation sites excluding steroid dienone is 1. The van der Waals surface area contributed by atoms with Crippen LogP contribution in [0, 0.1) is 0 Å². The largest absolute Gasteiger partial charge is 0.486 e. The topological polar surface area (TPSA) is 52.5 Å². The van der Waals surface area contributed by atoms with Crippen LogP contribution in [-0.4, -0.2) is 36.5 Å². The normalized spacial score (nSPS) is 20.0. The third kappa shape index (κ3) is 5.63. The minimum absolute atomic E-state index is 0.0875. The Morgan fingerprint density at radius 1 is 0.841 bits per heavy atom. The molecule has 11 heteroatoms. The highest BCUT2D eigenvalue weighted by molar-refractivity contribution is 8.16. The number of rotatable bonds is 7. The quantitative estimate of drug-likeness (QED) is 0.246. The van der Waals surface area contributed by atoms with Gasteiger partial charge in [-0.25, -0.2) is 4.99 Å². The number of alkyl halides is 4. The first kappa shape index (κ1) is 28.4. The second-order valence-corrected chi connectivity index (χ2v) is 11.3. The third-order valence-corrected chi connectivity index (χ3v) is 8.58. The number of benzene rings is 3. The molecule has 44 heavy (non-hydrogen) atoms. The van der Waals surface area contributed by atoms with Crippen LogP contribution in [-0.2, 0) is 0 Å². The molecule has 3 heterocycles. The molecule has 7 rings (SSSR count). The summed E-state index contributed by atoms with van der Waals surface area (Å²) >= 11 is 1.52. The standard InChI is InChI=1S/C33H26F4N2O4S/c34-31(35)42-23-9-4-19(5-10-23)16-22-2-1-3-25-29(22)38-33-39(30(25)20-6-11-24(12-7-20)43-32(36)37)26(18-44-33)21-8-13-27-28(17-21)41-15-14-40-27/h4-13,16-18,30-32H,1-3,14-15H2. The Morgan fingerprint density at radius 2 is 1.52 bits per heavy atom. The van der Waals surface area contributed by atoms with Gasteiger partial charge < -0.3 is 23.8 Å². The number of thioether (sulfide) groups is 1. The molecule has 0 fully saturated rings. The van der Waals surface area contributed by atoms with Gasteiger partial charge in [-0.1, -0.05) is 36.0 Å². The molecule has 226 valence electrons. The van der Waals surface area contributed by atoms with Crippen molar-refractivity contribution in [3.05, 3.63) is 106 Å². The van der Waals surface area contributed by atoms with E-state index in [1.807, 2.05) is 36.4 Å². The van der Waals surface area contributed by atoms with Crippen molar-refractivity contribution in [3.63, 3.8) is 0 Å². The van der Waals surface area contributed by atoms with Crippen molar-refractivity contribution >= 4 is 28.7 Å². The third-order valence-electron chi connectivity index (χ3n) is 7.74. The van der Waals surface area contributed by atoms with Crippen molar-refractivity contribution in [2.24, 2.45) is 4.99 Å². The van der Waals surface area contributed by atoms with Crippen molar-refractivity contribution in [3.8, 4) is 23.0 Å². The fraction of sp³-hybridized carbons (Fsp3) is 0.242. The molecule has 0 spiro atoms. The van der Waals surface area contributed by atoms with Crippen molar-refractivity contribution in [2.45, 2.75) is 38.5 Å². The van der Waals surface area contributed by atoms with Gasteiger partial charge in [-0.2, -0.15) is 17.6 Å². The van der Waals surface area contributed by atoms with Gasteiger partial charge in [0.15, 0.2) is 16.7 Å². The van der Waals surface area contributed by atoms with Crippen LogP contribution in [0.25, 0.3) is 11.8 Å². The van der Waals surface area contributed by atoms with Crippen LogP contribution in [0.15, 0.2) is 94.0 Å². The van der Waals surface area contributed by atoms with E-state index < -0.39 is 13.2 Å². The number of amidine groups is 1. The van der Waals surface area contributed by atoms with Crippen LogP contribution in [0.3, 0.4) is 0 Å². The van der Waals surface area contributed by atoms with Crippen LogP contribution < -0.4 is 18.9 Å². The number of hydrogen-bond donors (Lipinski definition) is 0. The van der Waals surface area contributed by atoms with Gasteiger partial charge in [-0.15, -0.1) is 0 Å². The average molecular weight is 623 g/mol. The maximum absolute atomic E-state index is 12.9. The summed E-state index contributed by atoms with van der Waals surface area (Å²) in [4.78, 5) is 7.35. The molecule has 0 saturated carbocycles. The summed E-state index contributed by atoms with van der Waals surface area (Å²) < 4.78 is 71.8. The number of fused-ring (bicyclic) bond motifs is 2. The number of ether oxygens (including phenoxy) is 4. The lowest BCUT2D eigenvalue weighted by molar-refractivity contribution is -0.0505. The van der Waals surface area contributed by atoms with E-state index in [-0.39, 0.29) is 17.5 Å². The molecule has 3 aromatic carbocycles. The first-order chi connectivity index (χ1) is 21.4. The molecule has 0 radical (unpaired) electrons. The number of halogens is 4. The highest BCUT2D eigenvalue weighted by Crippen LogP contribution is 2.51. The minimum Gasteiger partial charge on any atom is -0.486 e. The SMILES string of the molecule is FC(F)Oc1ccc(C=C2CCCC3=C2N=C2SC=C(c4ccc5c(c4)OCCO5)N2C3c2ccc(OC(F)F)cc2)cc1. The van der Waals surface area contributed by atoms with E-state index in [1.54, 1.807) is 24.3 Å². The van der Waals surface area contributed by atoms with Gasteiger partial charge in [0.1, 0.15) is 24.7 Å². The highest BCUT2D eigenvalue weighted by atomic mass is 32.2. The molecule has 1 aliphatic carbocycles. The maximum atomic E-state index is 12.9. The van der Waals surface area contributed by atoms with E-state index >= 15 is 0 Å². The van der Waals surface area contributed by atoms with Crippen LogP contribution >= 0.6 is 11.8 Å². The summed E-state index contributed by atoms with van der Waals surface area (Å²) in [5, 5.41) is 2.86. The van der Waals surface area contributed by atoms with Crippen molar-refractivity contribution in [2.75, 3.05) is 13.2 Å². The van der Waals surface area contributed by atoms with Crippen LogP contribution in [0.1, 0.15) is 42.0 Å². The molecule has 0 bridgehead atoms. The van der Waals surface area contributed by atoms with Gasteiger partial charge in [0.05, 0.1) is 17.4 Å². The number of nitrogens with zero attached hydrogens (tertiary/aromatic N) is 2. The molecular weight excluding hydrogens is 596 g/mol. The summed E-state index contributed by atoms with van der Waals surface area (Å²) in [6.45, 7) is -4.82. The molecule has 0 saturated heterocycles. The zero-order valence-electron chi connectivity index (χ0n) is 23.2. The van der Waals surface area contributed by atoms with E-state index in [9.17, 15) is 17.6 Å². The van der Waals surface area contributed by atoms with E-state index in [0.29, 0.717) is 24.7 Å². The molecule has 1 atom stereocenters. The fourth-order valence-corrected chi connectivity index (χ4v) is 6.84. The maximum Gasteiger partial charge on any atom is 0.387 e. The smallest absolute Gasteiger partial charge is 0.387 e. The summed E-state index contributed by atoms with van der Waals surface area (Å²) in [6.07, 6.45) is 4.51. The summed E-state index contributed by atoms with van der Waals surface area (Å²) in [5.74, 6) is 1.56. The second-order valence-electron chi connectivity index (χ2n) is 10.4. The summed E-state index contributed by atoms with van der Waals surface area (Å²) in [6, 6.07) is 18.9. The van der Waals surface area contributed by atoms with Crippen LogP contribution in [0.4, 0.5) is 17.6 Å². The van der Waals surface area contributed by atoms with Crippen molar-refractivity contribution in [1.29, 1.82) is 0 Å². The van der Waals surface area contributed by atoms with Crippen molar-refractivity contribution in [1.82, 2.24) is 4.90 Å². The Labute approximate surface area is 255 Å². The number of hydrogen-bond acceptors (Lipinski definition) is 7. The molecular formula is C33H26F4N2O4S. The Bertz CT molecular complexity index is 1690.